The Morgan fingerprint density at radius 2 is 2.31 bits per heavy atom. The highest BCUT2D eigenvalue weighted by Crippen LogP contribution is 2.31. The lowest BCUT2D eigenvalue weighted by molar-refractivity contribution is 0.121. The van der Waals surface area contributed by atoms with Crippen LogP contribution in [0.15, 0.2) is 18.2 Å². The van der Waals surface area contributed by atoms with Crippen LogP contribution in [-0.4, -0.2) is 12.7 Å². The molecule has 2 rings (SSSR count). The van der Waals surface area contributed by atoms with Crippen LogP contribution in [0.25, 0.3) is 0 Å². The molecule has 0 spiro atoms. The fraction of sp³-hybridized carbons (Fsp3) is 0.200. The van der Waals surface area contributed by atoms with Crippen molar-refractivity contribution in [3.63, 3.8) is 0 Å². The van der Waals surface area contributed by atoms with Crippen LogP contribution in [0.4, 0.5) is 0 Å². The third-order valence-electron chi connectivity index (χ3n) is 1.79. The second kappa shape index (κ2) is 2.98. The Balaban J connectivity index is 2.39. The summed E-state index contributed by atoms with van der Waals surface area (Å²) in [5, 5.41) is 8.64. The zero-order chi connectivity index (χ0) is 9.26. The van der Waals surface area contributed by atoms with Gasteiger partial charge in [-0.15, -0.1) is 0 Å². The van der Waals surface area contributed by atoms with E-state index < -0.39 is 0 Å². The van der Waals surface area contributed by atoms with Gasteiger partial charge in [0, 0.05) is 6.07 Å². The number of fused-ring (bicyclic) bond motifs is 1. The van der Waals surface area contributed by atoms with Crippen LogP contribution in [0.3, 0.4) is 0 Å². The maximum atomic E-state index is 8.64. The van der Waals surface area contributed by atoms with Crippen LogP contribution in [0.1, 0.15) is 5.56 Å². The minimum absolute atomic E-state index is 0.193. The summed E-state index contributed by atoms with van der Waals surface area (Å²) in [7, 11) is 0. The second-order valence-electron chi connectivity index (χ2n) is 2.82. The highest BCUT2D eigenvalue weighted by atomic mass is 16.6. The van der Waals surface area contributed by atoms with Gasteiger partial charge in [0.25, 0.3) is 0 Å². The second-order valence-corrected chi connectivity index (χ2v) is 2.82. The lowest BCUT2D eigenvalue weighted by atomic mass is 10.2. The van der Waals surface area contributed by atoms with E-state index in [2.05, 4.69) is 6.92 Å². The van der Waals surface area contributed by atoms with Gasteiger partial charge in [-0.2, -0.15) is 5.26 Å². The average Bonchev–Trinajstić information content (AvgIpc) is 2.16. The van der Waals surface area contributed by atoms with E-state index >= 15 is 0 Å². The first-order valence-electron chi connectivity index (χ1n) is 3.96. The Kier molecular flexibility index (Phi) is 1.82. The predicted octanol–water partition coefficient (Wildman–Crippen LogP) is 1.53. The Labute approximate surface area is 76.5 Å². The Hall–Kier alpha value is -1.69. The molecule has 1 radical (unpaired) electrons. The van der Waals surface area contributed by atoms with Crippen LogP contribution < -0.4 is 9.47 Å². The molecule has 0 saturated heterocycles. The molecule has 1 aromatic carbocycles. The first-order chi connectivity index (χ1) is 6.29. The van der Waals surface area contributed by atoms with E-state index in [9.17, 15) is 0 Å². The van der Waals surface area contributed by atoms with Gasteiger partial charge in [0.1, 0.15) is 12.7 Å². The van der Waals surface area contributed by atoms with Crippen molar-refractivity contribution in [1.82, 2.24) is 0 Å². The summed E-state index contributed by atoms with van der Waals surface area (Å²) in [5.41, 5.74) is 0.566. The molecule has 3 nitrogen and oxygen atoms in total. The van der Waals surface area contributed by atoms with Crippen molar-refractivity contribution in [3.05, 3.63) is 30.7 Å². The molecule has 0 saturated carbocycles. The molecule has 1 aromatic rings. The molecule has 1 atom stereocenters. The fourth-order valence-corrected chi connectivity index (χ4v) is 1.19. The van der Waals surface area contributed by atoms with E-state index in [4.69, 9.17) is 14.7 Å². The van der Waals surface area contributed by atoms with E-state index in [1.807, 2.05) is 6.07 Å². The van der Waals surface area contributed by atoms with Gasteiger partial charge < -0.3 is 9.47 Å². The van der Waals surface area contributed by atoms with E-state index in [1.54, 1.807) is 18.2 Å². The maximum absolute atomic E-state index is 8.64. The third-order valence-corrected chi connectivity index (χ3v) is 1.79. The zero-order valence-electron chi connectivity index (χ0n) is 6.99. The quantitative estimate of drug-likeness (QED) is 0.599. The molecule has 65 valence electrons. The van der Waals surface area contributed by atoms with E-state index in [-0.39, 0.29) is 6.10 Å². The Morgan fingerprint density at radius 3 is 3.08 bits per heavy atom. The monoisotopic (exact) mass is 174 g/mol. The van der Waals surface area contributed by atoms with Crippen LogP contribution in [0, 0.1) is 18.3 Å². The number of nitrogens with zero attached hydrogens (tertiary/aromatic N) is 1. The molecule has 0 amide bonds. The van der Waals surface area contributed by atoms with Gasteiger partial charge in [0.05, 0.1) is 11.6 Å². The largest absolute Gasteiger partial charge is 0.486 e. The van der Waals surface area contributed by atoms with Crippen molar-refractivity contribution in [2.75, 3.05) is 6.61 Å². The van der Waals surface area contributed by atoms with E-state index in [0.717, 1.165) is 0 Å². The van der Waals surface area contributed by atoms with Crippen LogP contribution in [-0.2, 0) is 0 Å². The first-order valence-corrected chi connectivity index (χ1v) is 3.96. The number of rotatable bonds is 0. The average molecular weight is 174 g/mol. The minimum atomic E-state index is -0.193. The molecule has 0 bridgehead atoms. The van der Waals surface area contributed by atoms with Gasteiger partial charge in [-0.25, -0.2) is 0 Å². The number of hydrogen-bond donors (Lipinski definition) is 0. The third kappa shape index (κ3) is 1.43. The SMILES string of the molecule is [CH2]C1COc2ccc(C#N)cc2O1. The van der Waals surface area contributed by atoms with Crippen molar-refractivity contribution in [3.8, 4) is 17.6 Å². The molecule has 0 aromatic heterocycles. The smallest absolute Gasteiger partial charge is 0.163 e. The lowest BCUT2D eigenvalue weighted by Gasteiger charge is -2.23. The van der Waals surface area contributed by atoms with E-state index in [1.165, 1.54) is 0 Å². The summed E-state index contributed by atoms with van der Waals surface area (Å²) >= 11 is 0. The van der Waals surface area contributed by atoms with Gasteiger partial charge in [0.2, 0.25) is 0 Å². The Bertz CT molecular complexity index is 368. The molecular weight excluding hydrogens is 166 g/mol. The summed E-state index contributed by atoms with van der Waals surface area (Å²) in [4.78, 5) is 0. The molecular formula is C10H8NO2. The molecule has 0 N–H and O–H groups in total. The highest BCUT2D eigenvalue weighted by Gasteiger charge is 2.17. The summed E-state index contributed by atoms with van der Waals surface area (Å²) in [6.45, 7) is 4.18. The van der Waals surface area contributed by atoms with Gasteiger partial charge in [0.15, 0.2) is 11.5 Å². The van der Waals surface area contributed by atoms with Crippen molar-refractivity contribution in [1.29, 1.82) is 5.26 Å². The van der Waals surface area contributed by atoms with Gasteiger partial charge in [-0.1, -0.05) is 0 Å². The van der Waals surface area contributed by atoms with Crippen LogP contribution >= 0.6 is 0 Å². The normalized spacial score (nSPS) is 19.2. The fourth-order valence-electron chi connectivity index (χ4n) is 1.19. The minimum Gasteiger partial charge on any atom is -0.486 e. The summed E-state index contributed by atoms with van der Waals surface area (Å²) in [6, 6.07) is 7.13. The number of hydrogen-bond acceptors (Lipinski definition) is 3. The molecule has 0 fully saturated rings. The summed E-state index contributed by atoms with van der Waals surface area (Å²) in [6.07, 6.45) is -0.193. The molecule has 1 aliphatic rings. The predicted molar refractivity (Wildman–Crippen MR) is 46.4 cm³/mol. The molecule has 13 heavy (non-hydrogen) atoms. The maximum Gasteiger partial charge on any atom is 0.163 e. The molecule has 0 aliphatic carbocycles. The van der Waals surface area contributed by atoms with Crippen LogP contribution in [0.5, 0.6) is 11.5 Å². The van der Waals surface area contributed by atoms with Gasteiger partial charge in [-0.05, 0) is 19.1 Å². The molecule has 1 heterocycles. The molecule has 1 unspecified atom stereocenters. The summed E-state index contributed by atoms with van der Waals surface area (Å²) < 4.78 is 10.7. The van der Waals surface area contributed by atoms with Crippen molar-refractivity contribution >= 4 is 0 Å². The number of ether oxygens (including phenoxy) is 2. The topological polar surface area (TPSA) is 42.2 Å². The highest BCUT2D eigenvalue weighted by molar-refractivity contribution is 5.47. The molecule has 3 heteroatoms. The first kappa shape index (κ1) is 7.93. The van der Waals surface area contributed by atoms with Crippen molar-refractivity contribution in [2.24, 2.45) is 0 Å². The van der Waals surface area contributed by atoms with E-state index in [0.29, 0.717) is 23.7 Å². The summed E-state index contributed by atoms with van der Waals surface area (Å²) in [5.74, 6) is 1.28. The van der Waals surface area contributed by atoms with Gasteiger partial charge in [-0.3, -0.25) is 0 Å². The number of nitriles is 1. The number of benzene rings is 1. The van der Waals surface area contributed by atoms with Crippen LogP contribution in [0.2, 0.25) is 0 Å². The Morgan fingerprint density at radius 1 is 1.46 bits per heavy atom. The van der Waals surface area contributed by atoms with Crippen molar-refractivity contribution in [2.45, 2.75) is 6.10 Å². The standard InChI is InChI=1S/C10H8NO2/c1-7-6-12-9-3-2-8(5-11)4-10(9)13-7/h2-4,7H,1,6H2. The van der Waals surface area contributed by atoms with Crippen molar-refractivity contribution < 1.29 is 9.47 Å². The zero-order valence-corrected chi connectivity index (χ0v) is 6.99. The lowest BCUT2D eigenvalue weighted by Crippen LogP contribution is -2.25. The van der Waals surface area contributed by atoms with Gasteiger partial charge >= 0.3 is 0 Å². The molecule has 1 aliphatic heterocycles.